The first-order valence-corrected chi connectivity index (χ1v) is 7.04. The molecule has 2 aromatic carbocycles. The SMILES string of the molecule is CC(C)N(Cc1ccccc1)C(=O)Nc1c(F)cccc1F. The summed E-state index contributed by atoms with van der Waals surface area (Å²) in [6.45, 7) is 4.06. The van der Waals surface area contributed by atoms with E-state index in [1.165, 1.54) is 11.0 Å². The van der Waals surface area contributed by atoms with Crippen molar-refractivity contribution in [3.8, 4) is 0 Å². The lowest BCUT2D eigenvalue weighted by Gasteiger charge is -2.27. The summed E-state index contributed by atoms with van der Waals surface area (Å²) < 4.78 is 27.3. The molecule has 0 atom stereocenters. The maximum absolute atomic E-state index is 13.6. The second kappa shape index (κ2) is 7.02. The molecule has 0 unspecified atom stereocenters. The summed E-state index contributed by atoms with van der Waals surface area (Å²) in [6.07, 6.45) is 0. The van der Waals surface area contributed by atoms with E-state index in [9.17, 15) is 13.6 Å². The fraction of sp³-hybridized carbons (Fsp3) is 0.235. The third-order valence-electron chi connectivity index (χ3n) is 3.27. The Labute approximate surface area is 128 Å². The van der Waals surface area contributed by atoms with Crippen LogP contribution in [0.5, 0.6) is 0 Å². The highest BCUT2D eigenvalue weighted by atomic mass is 19.1. The highest BCUT2D eigenvalue weighted by molar-refractivity contribution is 5.89. The largest absolute Gasteiger partial charge is 0.322 e. The van der Waals surface area contributed by atoms with E-state index in [0.29, 0.717) is 6.54 Å². The number of carbonyl (C=O) groups is 1. The van der Waals surface area contributed by atoms with Gasteiger partial charge in [0.15, 0.2) is 0 Å². The molecule has 2 aromatic rings. The van der Waals surface area contributed by atoms with Crippen molar-refractivity contribution in [3.63, 3.8) is 0 Å². The highest BCUT2D eigenvalue weighted by Gasteiger charge is 2.20. The Morgan fingerprint density at radius 3 is 2.18 bits per heavy atom. The van der Waals surface area contributed by atoms with Crippen molar-refractivity contribution in [2.75, 3.05) is 5.32 Å². The van der Waals surface area contributed by atoms with Crippen LogP contribution in [0, 0.1) is 11.6 Å². The Bertz CT molecular complexity index is 624. The fourth-order valence-corrected chi connectivity index (χ4v) is 2.06. The van der Waals surface area contributed by atoms with Gasteiger partial charge in [-0.2, -0.15) is 0 Å². The maximum Gasteiger partial charge on any atom is 0.322 e. The fourth-order valence-electron chi connectivity index (χ4n) is 2.06. The molecule has 5 heteroatoms. The monoisotopic (exact) mass is 304 g/mol. The molecular formula is C17H18F2N2O. The number of hydrogen-bond donors (Lipinski definition) is 1. The van der Waals surface area contributed by atoms with E-state index in [0.717, 1.165) is 17.7 Å². The van der Waals surface area contributed by atoms with Gasteiger partial charge in [-0.15, -0.1) is 0 Å². The van der Waals surface area contributed by atoms with E-state index in [1.807, 2.05) is 44.2 Å². The predicted molar refractivity (Wildman–Crippen MR) is 82.5 cm³/mol. The Morgan fingerprint density at radius 1 is 1.05 bits per heavy atom. The topological polar surface area (TPSA) is 32.3 Å². The van der Waals surface area contributed by atoms with Gasteiger partial charge in [-0.25, -0.2) is 13.6 Å². The molecule has 0 radical (unpaired) electrons. The van der Waals surface area contributed by atoms with Crippen LogP contribution in [-0.4, -0.2) is 17.0 Å². The van der Waals surface area contributed by atoms with Gasteiger partial charge in [0.2, 0.25) is 0 Å². The van der Waals surface area contributed by atoms with Crippen LogP contribution < -0.4 is 5.32 Å². The van der Waals surface area contributed by atoms with Gasteiger partial charge in [-0.05, 0) is 31.5 Å². The number of nitrogens with zero attached hydrogens (tertiary/aromatic N) is 1. The van der Waals surface area contributed by atoms with E-state index in [1.54, 1.807) is 0 Å². The molecule has 22 heavy (non-hydrogen) atoms. The minimum absolute atomic E-state index is 0.116. The lowest BCUT2D eigenvalue weighted by Crippen LogP contribution is -2.39. The Kier molecular flexibility index (Phi) is 5.09. The summed E-state index contributed by atoms with van der Waals surface area (Å²) in [5, 5.41) is 2.32. The van der Waals surface area contributed by atoms with Gasteiger partial charge in [0, 0.05) is 12.6 Å². The molecule has 0 saturated carbocycles. The molecule has 2 rings (SSSR count). The van der Waals surface area contributed by atoms with Crippen molar-refractivity contribution in [2.24, 2.45) is 0 Å². The van der Waals surface area contributed by atoms with E-state index in [4.69, 9.17) is 0 Å². The number of nitrogens with one attached hydrogen (secondary N) is 1. The number of anilines is 1. The first-order valence-electron chi connectivity index (χ1n) is 7.04. The summed E-state index contributed by atoms with van der Waals surface area (Å²) in [5.74, 6) is -1.59. The Balaban J connectivity index is 2.17. The molecule has 3 nitrogen and oxygen atoms in total. The van der Waals surface area contributed by atoms with Crippen molar-refractivity contribution in [1.82, 2.24) is 4.90 Å². The number of urea groups is 1. The summed E-state index contributed by atoms with van der Waals surface area (Å²) in [7, 11) is 0. The lowest BCUT2D eigenvalue weighted by atomic mass is 10.2. The lowest BCUT2D eigenvalue weighted by molar-refractivity contribution is 0.193. The molecule has 0 aliphatic heterocycles. The molecule has 116 valence electrons. The van der Waals surface area contributed by atoms with E-state index < -0.39 is 23.4 Å². The molecule has 0 aromatic heterocycles. The van der Waals surface area contributed by atoms with Crippen molar-refractivity contribution >= 4 is 11.7 Å². The summed E-state index contributed by atoms with van der Waals surface area (Å²) in [5.41, 5.74) is 0.520. The molecule has 0 spiro atoms. The molecule has 2 amide bonds. The van der Waals surface area contributed by atoms with Crippen LogP contribution in [0.25, 0.3) is 0 Å². The maximum atomic E-state index is 13.6. The van der Waals surface area contributed by atoms with E-state index in [-0.39, 0.29) is 6.04 Å². The number of benzene rings is 2. The summed E-state index contributed by atoms with van der Waals surface area (Å²) in [6, 6.07) is 12.2. The van der Waals surface area contributed by atoms with E-state index >= 15 is 0 Å². The number of amides is 2. The third kappa shape index (κ3) is 3.81. The summed E-state index contributed by atoms with van der Waals surface area (Å²) in [4.78, 5) is 13.9. The first kappa shape index (κ1) is 15.9. The molecule has 0 fully saturated rings. The molecule has 0 bridgehead atoms. The second-order valence-electron chi connectivity index (χ2n) is 5.23. The van der Waals surface area contributed by atoms with E-state index in [2.05, 4.69) is 5.32 Å². The zero-order valence-electron chi connectivity index (χ0n) is 12.5. The molecule has 0 heterocycles. The van der Waals surface area contributed by atoms with Gasteiger partial charge >= 0.3 is 6.03 Å². The van der Waals surface area contributed by atoms with Crippen LogP contribution in [-0.2, 0) is 6.54 Å². The highest BCUT2D eigenvalue weighted by Crippen LogP contribution is 2.19. The second-order valence-corrected chi connectivity index (χ2v) is 5.23. The average Bonchev–Trinajstić information content (AvgIpc) is 2.49. The minimum atomic E-state index is -0.795. The number of halogens is 2. The van der Waals surface area contributed by atoms with Crippen molar-refractivity contribution in [2.45, 2.75) is 26.4 Å². The molecule has 0 saturated heterocycles. The quantitative estimate of drug-likeness (QED) is 0.891. The smallest absolute Gasteiger partial charge is 0.318 e. The van der Waals surface area contributed by atoms with Crippen LogP contribution in [0.4, 0.5) is 19.3 Å². The van der Waals surface area contributed by atoms with Crippen LogP contribution in [0.2, 0.25) is 0 Å². The average molecular weight is 304 g/mol. The first-order chi connectivity index (χ1) is 10.5. The van der Waals surface area contributed by atoms with Crippen LogP contribution >= 0.6 is 0 Å². The predicted octanol–water partition coefficient (Wildman–Crippen LogP) is 4.41. The number of carbonyl (C=O) groups excluding carboxylic acids is 1. The normalized spacial score (nSPS) is 10.6. The van der Waals surface area contributed by atoms with Gasteiger partial charge in [0.1, 0.15) is 17.3 Å². The molecular weight excluding hydrogens is 286 g/mol. The van der Waals surface area contributed by atoms with Crippen molar-refractivity contribution < 1.29 is 13.6 Å². The molecule has 0 aliphatic carbocycles. The van der Waals surface area contributed by atoms with Crippen LogP contribution in [0.15, 0.2) is 48.5 Å². The van der Waals surface area contributed by atoms with Crippen LogP contribution in [0.1, 0.15) is 19.4 Å². The number of rotatable bonds is 4. The van der Waals surface area contributed by atoms with Gasteiger partial charge < -0.3 is 10.2 Å². The standard InChI is InChI=1S/C17H18F2N2O/c1-12(2)21(11-13-7-4-3-5-8-13)17(22)20-16-14(18)9-6-10-15(16)19/h3-10,12H,11H2,1-2H3,(H,20,22). The Morgan fingerprint density at radius 2 is 1.64 bits per heavy atom. The zero-order chi connectivity index (χ0) is 16.1. The molecule has 1 N–H and O–H groups in total. The minimum Gasteiger partial charge on any atom is -0.318 e. The zero-order valence-corrected chi connectivity index (χ0v) is 12.5. The Hall–Kier alpha value is -2.43. The van der Waals surface area contributed by atoms with Gasteiger partial charge in [0.25, 0.3) is 0 Å². The number of hydrogen-bond acceptors (Lipinski definition) is 1. The summed E-state index contributed by atoms with van der Waals surface area (Å²) >= 11 is 0. The number of para-hydroxylation sites is 1. The van der Waals surface area contributed by atoms with Gasteiger partial charge in [-0.3, -0.25) is 0 Å². The van der Waals surface area contributed by atoms with Crippen molar-refractivity contribution in [3.05, 3.63) is 65.7 Å². The third-order valence-corrected chi connectivity index (χ3v) is 3.27. The van der Waals surface area contributed by atoms with Gasteiger partial charge in [0.05, 0.1) is 0 Å². The molecule has 0 aliphatic rings. The van der Waals surface area contributed by atoms with Crippen molar-refractivity contribution in [1.29, 1.82) is 0 Å². The van der Waals surface area contributed by atoms with Crippen LogP contribution in [0.3, 0.4) is 0 Å². The van der Waals surface area contributed by atoms with Gasteiger partial charge in [-0.1, -0.05) is 36.4 Å².